The molecule has 1 rings (SSSR count). The first-order valence-corrected chi connectivity index (χ1v) is 8.12. The van der Waals surface area contributed by atoms with Crippen LogP contribution in [0.2, 0.25) is 10.0 Å². The maximum Gasteiger partial charge on any atom is 0.308 e. The Balaban J connectivity index is 2.47. The zero-order valence-corrected chi connectivity index (χ0v) is 14.1. The van der Waals surface area contributed by atoms with Crippen LogP contribution in [-0.4, -0.2) is 29.3 Å². The van der Waals surface area contributed by atoms with Gasteiger partial charge in [-0.3, -0.25) is 9.59 Å². The molecule has 0 bridgehead atoms. The van der Waals surface area contributed by atoms with Gasteiger partial charge >= 0.3 is 5.97 Å². The molecule has 4 nitrogen and oxygen atoms in total. The molecule has 1 amide bonds. The highest BCUT2D eigenvalue weighted by atomic mass is 35.5. The van der Waals surface area contributed by atoms with E-state index in [4.69, 9.17) is 28.3 Å². The molecular formula is C14H17Cl2NO3S. The molecule has 21 heavy (non-hydrogen) atoms. The van der Waals surface area contributed by atoms with Crippen LogP contribution in [0.1, 0.15) is 13.8 Å². The highest BCUT2D eigenvalue weighted by molar-refractivity contribution is 8.00. The van der Waals surface area contributed by atoms with E-state index < -0.39 is 11.9 Å². The van der Waals surface area contributed by atoms with Crippen molar-refractivity contribution in [2.45, 2.75) is 18.7 Å². The molecule has 0 saturated heterocycles. The number of benzene rings is 1. The summed E-state index contributed by atoms with van der Waals surface area (Å²) in [6, 6.07) is 5.04. The van der Waals surface area contributed by atoms with E-state index in [0.717, 1.165) is 4.90 Å². The smallest absolute Gasteiger partial charge is 0.308 e. The molecule has 2 N–H and O–H groups in total. The fourth-order valence-electron chi connectivity index (χ4n) is 1.61. The Hall–Kier alpha value is -0.910. The van der Waals surface area contributed by atoms with Crippen molar-refractivity contribution >= 4 is 46.8 Å². The second kappa shape index (κ2) is 8.51. The monoisotopic (exact) mass is 349 g/mol. The Kier molecular flexibility index (Phi) is 7.35. The number of carboxylic acid groups (broad SMARTS) is 1. The van der Waals surface area contributed by atoms with Crippen molar-refractivity contribution in [3.05, 3.63) is 28.2 Å². The lowest BCUT2D eigenvalue weighted by Crippen LogP contribution is -2.36. The van der Waals surface area contributed by atoms with Gasteiger partial charge in [-0.2, -0.15) is 0 Å². The predicted molar refractivity (Wildman–Crippen MR) is 86.2 cm³/mol. The molecule has 1 atom stereocenters. The average molecular weight is 350 g/mol. The third-order valence-electron chi connectivity index (χ3n) is 2.89. The Labute approximate surface area is 138 Å². The molecule has 0 radical (unpaired) electrons. The lowest BCUT2D eigenvalue weighted by atomic mass is 9.96. The minimum Gasteiger partial charge on any atom is -0.481 e. The molecule has 0 spiro atoms. The number of nitrogens with one attached hydrogen (secondary N) is 1. The number of hydrogen-bond acceptors (Lipinski definition) is 3. The molecule has 1 unspecified atom stereocenters. The van der Waals surface area contributed by atoms with E-state index in [9.17, 15) is 9.59 Å². The maximum absolute atomic E-state index is 11.8. The molecule has 0 aromatic heterocycles. The minimum absolute atomic E-state index is 0.0437. The number of amides is 1. The quantitative estimate of drug-likeness (QED) is 0.738. The van der Waals surface area contributed by atoms with Crippen molar-refractivity contribution in [1.29, 1.82) is 0 Å². The summed E-state index contributed by atoms with van der Waals surface area (Å²) in [7, 11) is 0. The molecule has 0 saturated carbocycles. The van der Waals surface area contributed by atoms with Gasteiger partial charge in [0.15, 0.2) is 0 Å². The van der Waals surface area contributed by atoms with Gasteiger partial charge in [0.1, 0.15) is 0 Å². The zero-order valence-electron chi connectivity index (χ0n) is 11.7. The standard InChI is InChI=1S/C14H17Cl2NO3S/c1-8(2)10(14(19)20)6-17-13(18)7-21-12-5-9(15)3-4-11(12)16/h3-5,8,10H,6-7H2,1-2H3,(H,17,18)(H,19,20). The molecule has 0 fully saturated rings. The van der Waals surface area contributed by atoms with E-state index in [1.165, 1.54) is 11.8 Å². The van der Waals surface area contributed by atoms with Crippen LogP contribution in [0, 0.1) is 11.8 Å². The Morgan fingerprint density at radius 3 is 2.57 bits per heavy atom. The lowest BCUT2D eigenvalue weighted by Gasteiger charge is -2.16. The minimum atomic E-state index is -0.907. The number of carbonyl (C=O) groups excluding carboxylic acids is 1. The largest absolute Gasteiger partial charge is 0.481 e. The number of rotatable bonds is 7. The van der Waals surface area contributed by atoms with Gasteiger partial charge in [0.05, 0.1) is 16.7 Å². The second-order valence-electron chi connectivity index (χ2n) is 4.86. The van der Waals surface area contributed by atoms with Crippen LogP contribution in [0.5, 0.6) is 0 Å². The highest BCUT2D eigenvalue weighted by Gasteiger charge is 2.21. The van der Waals surface area contributed by atoms with E-state index in [-0.39, 0.29) is 24.1 Å². The van der Waals surface area contributed by atoms with Gasteiger partial charge in [0.25, 0.3) is 0 Å². The number of thioether (sulfide) groups is 1. The number of halogens is 2. The van der Waals surface area contributed by atoms with E-state index in [1.54, 1.807) is 18.2 Å². The normalized spacial score (nSPS) is 12.2. The first-order chi connectivity index (χ1) is 9.81. The summed E-state index contributed by atoms with van der Waals surface area (Å²) in [5.41, 5.74) is 0. The molecule has 1 aromatic carbocycles. The van der Waals surface area contributed by atoms with Crippen LogP contribution in [0.25, 0.3) is 0 Å². The summed E-state index contributed by atoms with van der Waals surface area (Å²) in [5.74, 6) is -1.62. The van der Waals surface area contributed by atoms with Gasteiger partial charge < -0.3 is 10.4 Å². The Bertz CT molecular complexity index is 523. The van der Waals surface area contributed by atoms with Gasteiger partial charge in [-0.25, -0.2) is 0 Å². The highest BCUT2D eigenvalue weighted by Crippen LogP contribution is 2.29. The molecule has 0 heterocycles. The van der Waals surface area contributed by atoms with Crippen LogP contribution in [-0.2, 0) is 9.59 Å². The fraction of sp³-hybridized carbons (Fsp3) is 0.429. The average Bonchev–Trinajstić information content (AvgIpc) is 2.39. The molecule has 7 heteroatoms. The summed E-state index contributed by atoms with van der Waals surface area (Å²) >= 11 is 13.1. The summed E-state index contributed by atoms with van der Waals surface area (Å²) in [6.45, 7) is 3.74. The second-order valence-corrected chi connectivity index (χ2v) is 6.72. The van der Waals surface area contributed by atoms with Crippen molar-refractivity contribution in [2.75, 3.05) is 12.3 Å². The van der Waals surface area contributed by atoms with Crippen LogP contribution >= 0.6 is 35.0 Å². The van der Waals surface area contributed by atoms with E-state index in [2.05, 4.69) is 5.32 Å². The number of carbonyl (C=O) groups is 2. The van der Waals surface area contributed by atoms with Crippen molar-refractivity contribution in [3.63, 3.8) is 0 Å². The Morgan fingerprint density at radius 1 is 1.33 bits per heavy atom. The van der Waals surface area contributed by atoms with E-state index >= 15 is 0 Å². The maximum atomic E-state index is 11.8. The van der Waals surface area contributed by atoms with Crippen LogP contribution in [0.15, 0.2) is 23.1 Å². The lowest BCUT2D eigenvalue weighted by molar-refractivity contribution is -0.143. The molecule has 116 valence electrons. The van der Waals surface area contributed by atoms with Gasteiger partial charge in [-0.15, -0.1) is 11.8 Å². The number of carboxylic acids is 1. The van der Waals surface area contributed by atoms with Gasteiger partial charge in [-0.05, 0) is 24.1 Å². The third kappa shape index (κ3) is 6.16. The van der Waals surface area contributed by atoms with Crippen molar-refractivity contribution < 1.29 is 14.7 Å². The number of hydrogen-bond donors (Lipinski definition) is 2. The summed E-state index contributed by atoms with van der Waals surface area (Å²) < 4.78 is 0. The molecule has 0 aliphatic carbocycles. The van der Waals surface area contributed by atoms with Crippen molar-refractivity contribution in [1.82, 2.24) is 5.32 Å². The van der Waals surface area contributed by atoms with Crippen LogP contribution in [0.3, 0.4) is 0 Å². The van der Waals surface area contributed by atoms with E-state index in [0.29, 0.717) is 10.0 Å². The van der Waals surface area contributed by atoms with Crippen LogP contribution in [0.4, 0.5) is 0 Å². The summed E-state index contributed by atoms with van der Waals surface area (Å²) in [6.07, 6.45) is 0. The van der Waals surface area contributed by atoms with Gasteiger partial charge in [0, 0.05) is 16.5 Å². The van der Waals surface area contributed by atoms with Crippen molar-refractivity contribution in [3.8, 4) is 0 Å². The molecule has 0 aliphatic rings. The first-order valence-electron chi connectivity index (χ1n) is 6.38. The molecule has 0 aliphatic heterocycles. The fourth-order valence-corrected chi connectivity index (χ4v) is 2.94. The predicted octanol–water partition coefficient (Wildman–Crippen LogP) is 3.56. The van der Waals surface area contributed by atoms with Gasteiger partial charge in [-0.1, -0.05) is 37.0 Å². The Morgan fingerprint density at radius 2 is 2.00 bits per heavy atom. The topological polar surface area (TPSA) is 66.4 Å². The summed E-state index contributed by atoms with van der Waals surface area (Å²) in [4.78, 5) is 23.5. The SMILES string of the molecule is CC(C)C(CNC(=O)CSc1cc(Cl)ccc1Cl)C(=O)O. The third-order valence-corrected chi connectivity index (χ3v) is 4.63. The summed E-state index contributed by atoms with van der Waals surface area (Å²) in [5, 5.41) is 12.8. The zero-order chi connectivity index (χ0) is 16.0. The number of aliphatic carboxylic acids is 1. The van der Waals surface area contributed by atoms with Gasteiger partial charge in [0.2, 0.25) is 5.91 Å². The van der Waals surface area contributed by atoms with E-state index in [1.807, 2.05) is 13.8 Å². The molecule has 1 aromatic rings. The van der Waals surface area contributed by atoms with Crippen LogP contribution < -0.4 is 5.32 Å². The first kappa shape index (κ1) is 18.1. The van der Waals surface area contributed by atoms with Crippen molar-refractivity contribution in [2.24, 2.45) is 11.8 Å². The molecular weight excluding hydrogens is 333 g/mol.